The largest absolute Gasteiger partial charge is 0.396 e. The lowest BCUT2D eigenvalue weighted by Crippen LogP contribution is -2.71. The Labute approximate surface area is 84.4 Å². The minimum Gasteiger partial charge on any atom is -0.396 e. The van der Waals surface area contributed by atoms with Crippen molar-refractivity contribution in [1.29, 1.82) is 0 Å². The van der Waals surface area contributed by atoms with Crippen LogP contribution in [0.25, 0.3) is 0 Å². The summed E-state index contributed by atoms with van der Waals surface area (Å²) in [5, 5.41) is 36.8. The van der Waals surface area contributed by atoms with E-state index in [2.05, 4.69) is 0 Å². The molecule has 2 unspecified atom stereocenters. The summed E-state index contributed by atoms with van der Waals surface area (Å²) in [6.07, 6.45) is -2.61. The van der Waals surface area contributed by atoms with Gasteiger partial charge in [0.15, 0.2) is 0 Å². The Morgan fingerprint density at radius 1 is 1.50 bits per heavy atom. The lowest BCUT2D eigenvalue weighted by molar-refractivity contribution is -0.167. The van der Waals surface area contributed by atoms with E-state index in [0.717, 1.165) is 0 Å². The minimum absolute atomic E-state index is 0.216. The first-order valence-electron chi connectivity index (χ1n) is 3.80. The lowest BCUT2D eigenvalue weighted by Gasteiger charge is -2.54. The monoisotopic (exact) mass is 288 g/mol. The fraction of sp³-hybridized carbons (Fsp3) is 1.00. The molecule has 4 N–H and O–H groups in total. The molecule has 1 rings (SSSR count). The number of aliphatic hydroxyl groups excluding tert-OH is 4. The van der Waals surface area contributed by atoms with E-state index >= 15 is 0 Å². The number of aliphatic hydroxyl groups is 4. The van der Waals surface area contributed by atoms with Crippen molar-refractivity contribution in [3.8, 4) is 0 Å². The molecule has 0 saturated heterocycles. The first-order valence-corrected chi connectivity index (χ1v) is 4.88. The zero-order valence-electron chi connectivity index (χ0n) is 6.68. The Kier molecular flexibility index (Phi) is 3.00. The number of alkyl halides is 1. The molecule has 1 aliphatic rings. The first-order chi connectivity index (χ1) is 5.46. The maximum atomic E-state index is 9.38. The van der Waals surface area contributed by atoms with Crippen molar-refractivity contribution in [3.63, 3.8) is 0 Å². The summed E-state index contributed by atoms with van der Waals surface area (Å²) < 4.78 is -0.800. The summed E-state index contributed by atoms with van der Waals surface area (Å²) >= 11 is 1.90. The van der Waals surface area contributed by atoms with Gasteiger partial charge in [-0.05, 0) is 6.92 Å². The maximum absolute atomic E-state index is 9.38. The van der Waals surface area contributed by atoms with Crippen LogP contribution in [-0.4, -0.2) is 48.8 Å². The molecule has 0 aromatic carbocycles. The van der Waals surface area contributed by atoms with Crippen LogP contribution in [0.3, 0.4) is 0 Å². The lowest BCUT2D eigenvalue weighted by atomic mass is 9.66. The van der Waals surface area contributed by atoms with E-state index in [9.17, 15) is 15.3 Å². The van der Waals surface area contributed by atoms with E-state index in [1.807, 2.05) is 22.6 Å². The third-order valence-electron chi connectivity index (χ3n) is 2.59. The molecule has 0 bridgehead atoms. The molecule has 5 heteroatoms. The maximum Gasteiger partial charge on any atom is 0.0978 e. The SMILES string of the molecule is C[C@H](O)[C@]1(I)C(O)[C@H](O)C1CO. The minimum atomic E-state index is -0.949. The second-order valence-electron chi connectivity index (χ2n) is 3.23. The molecular formula is C7H13IO4. The average Bonchev–Trinajstić information content (AvgIpc) is 2.04. The highest BCUT2D eigenvalue weighted by Gasteiger charge is 2.62. The molecule has 72 valence electrons. The fourth-order valence-corrected chi connectivity index (χ4v) is 2.58. The predicted molar refractivity (Wildman–Crippen MR) is 51.0 cm³/mol. The summed E-state index contributed by atoms with van der Waals surface area (Å²) in [7, 11) is 0. The highest BCUT2D eigenvalue weighted by molar-refractivity contribution is 14.1. The summed E-state index contributed by atoms with van der Waals surface area (Å²) in [5.74, 6) is -0.437. The third-order valence-corrected chi connectivity index (χ3v) is 4.93. The topological polar surface area (TPSA) is 80.9 Å². The Hall–Kier alpha value is 0.570. The van der Waals surface area contributed by atoms with Crippen LogP contribution in [-0.2, 0) is 0 Å². The quantitative estimate of drug-likeness (QED) is 0.383. The van der Waals surface area contributed by atoms with Crippen molar-refractivity contribution in [3.05, 3.63) is 0 Å². The smallest absolute Gasteiger partial charge is 0.0978 e. The van der Waals surface area contributed by atoms with E-state index in [-0.39, 0.29) is 6.61 Å². The fourth-order valence-electron chi connectivity index (χ4n) is 1.65. The number of hydrogen-bond acceptors (Lipinski definition) is 4. The van der Waals surface area contributed by atoms with Gasteiger partial charge >= 0.3 is 0 Å². The average molecular weight is 288 g/mol. The number of hydrogen-bond donors (Lipinski definition) is 4. The summed E-state index contributed by atoms with van der Waals surface area (Å²) in [6.45, 7) is 1.33. The van der Waals surface area contributed by atoms with Crippen LogP contribution in [0.15, 0.2) is 0 Å². The normalized spacial score (nSPS) is 50.0. The molecule has 0 radical (unpaired) electrons. The van der Waals surface area contributed by atoms with Gasteiger partial charge in [-0.25, -0.2) is 0 Å². The van der Waals surface area contributed by atoms with Crippen molar-refractivity contribution < 1.29 is 20.4 Å². The number of halogens is 1. The molecule has 1 saturated carbocycles. The van der Waals surface area contributed by atoms with Crippen molar-refractivity contribution in [1.82, 2.24) is 0 Å². The van der Waals surface area contributed by atoms with Gasteiger partial charge in [0, 0.05) is 12.5 Å². The Balaban J connectivity index is 2.76. The van der Waals surface area contributed by atoms with Gasteiger partial charge in [-0.15, -0.1) is 0 Å². The Bertz CT molecular complexity index is 175. The van der Waals surface area contributed by atoms with Gasteiger partial charge in [-0.1, -0.05) is 22.6 Å². The van der Waals surface area contributed by atoms with Gasteiger partial charge < -0.3 is 20.4 Å². The zero-order valence-corrected chi connectivity index (χ0v) is 8.84. The molecule has 0 aromatic rings. The van der Waals surface area contributed by atoms with Crippen molar-refractivity contribution in [2.45, 2.75) is 28.7 Å². The van der Waals surface area contributed by atoms with Gasteiger partial charge in [0.05, 0.1) is 21.7 Å². The van der Waals surface area contributed by atoms with E-state index in [1.165, 1.54) is 0 Å². The number of rotatable bonds is 2. The van der Waals surface area contributed by atoms with Crippen LogP contribution in [0.4, 0.5) is 0 Å². The molecule has 0 heterocycles. The highest BCUT2D eigenvalue weighted by atomic mass is 127. The third kappa shape index (κ3) is 1.19. The Morgan fingerprint density at radius 2 is 2.00 bits per heavy atom. The van der Waals surface area contributed by atoms with Crippen molar-refractivity contribution in [2.75, 3.05) is 6.61 Å². The molecule has 0 spiro atoms. The standard InChI is InChI=1S/C7H13IO4/c1-3(10)7(8)4(2-9)5(11)6(7)12/h3-6,9-12H,2H2,1H3/t3-,4?,5+,6?,7+/m0/s1. The van der Waals surface area contributed by atoms with Crippen LogP contribution in [0.1, 0.15) is 6.92 Å². The van der Waals surface area contributed by atoms with E-state index in [4.69, 9.17) is 5.11 Å². The predicted octanol–water partition coefficient (Wildman–Crippen LogP) is -1.12. The summed E-state index contributed by atoms with van der Waals surface area (Å²) in [6, 6.07) is 0. The summed E-state index contributed by atoms with van der Waals surface area (Å²) in [5.41, 5.74) is 0. The van der Waals surface area contributed by atoms with Gasteiger partial charge in [0.1, 0.15) is 0 Å². The van der Waals surface area contributed by atoms with E-state index in [1.54, 1.807) is 6.92 Å². The van der Waals surface area contributed by atoms with E-state index < -0.39 is 27.7 Å². The molecule has 0 aromatic heterocycles. The van der Waals surface area contributed by atoms with Crippen LogP contribution in [0.2, 0.25) is 0 Å². The van der Waals surface area contributed by atoms with Crippen LogP contribution in [0, 0.1) is 5.92 Å². The second-order valence-corrected chi connectivity index (χ2v) is 5.10. The molecule has 4 nitrogen and oxygen atoms in total. The van der Waals surface area contributed by atoms with Crippen molar-refractivity contribution in [2.24, 2.45) is 5.92 Å². The molecule has 0 amide bonds. The van der Waals surface area contributed by atoms with Gasteiger partial charge in [-0.2, -0.15) is 0 Å². The van der Waals surface area contributed by atoms with Crippen LogP contribution in [0.5, 0.6) is 0 Å². The first kappa shape index (κ1) is 10.6. The van der Waals surface area contributed by atoms with Gasteiger partial charge in [0.2, 0.25) is 0 Å². The molecule has 12 heavy (non-hydrogen) atoms. The second kappa shape index (κ2) is 3.38. The molecule has 1 aliphatic carbocycles. The van der Waals surface area contributed by atoms with Crippen LogP contribution < -0.4 is 0 Å². The van der Waals surface area contributed by atoms with E-state index in [0.29, 0.717) is 0 Å². The zero-order chi connectivity index (χ0) is 9.52. The van der Waals surface area contributed by atoms with Gasteiger partial charge in [0.25, 0.3) is 0 Å². The molecule has 0 aliphatic heterocycles. The van der Waals surface area contributed by atoms with Crippen molar-refractivity contribution >= 4 is 22.6 Å². The van der Waals surface area contributed by atoms with Crippen LogP contribution >= 0.6 is 22.6 Å². The van der Waals surface area contributed by atoms with Gasteiger partial charge in [-0.3, -0.25) is 0 Å². The molecule has 5 atom stereocenters. The Morgan fingerprint density at radius 3 is 2.25 bits per heavy atom. The molecule has 1 fully saturated rings. The highest BCUT2D eigenvalue weighted by Crippen LogP contribution is 2.48. The summed E-state index contributed by atoms with van der Waals surface area (Å²) in [4.78, 5) is 0. The molecular weight excluding hydrogens is 275 g/mol.